The minimum absolute atomic E-state index is 0. The van der Waals surface area contributed by atoms with Crippen molar-refractivity contribution in [2.24, 2.45) is 11.8 Å². The maximum atomic E-state index is 10.2. The van der Waals surface area contributed by atoms with Crippen LogP contribution in [0.5, 0.6) is 0 Å². The van der Waals surface area contributed by atoms with E-state index in [0.29, 0.717) is 6.42 Å². The third-order valence-electron chi connectivity index (χ3n) is 6.14. The summed E-state index contributed by atoms with van der Waals surface area (Å²) in [6.45, 7) is 2.18. The van der Waals surface area contributed by atoms with Crippen molar-refractivity contribution in [1.29, 1.82) is 0 Å². The van der Waals surface area contributed by atoms with E-state index in [1.54, 1.807) is 0 Å². The Hall–Kier alpha value is 2.42. The third kappa shape index (κ3) is 6.10. The van der Waals surface area contributed by atoms with Gasteiger partial charge in [0.25, 0.3) is 0 Å². The van der Waals surface area contributed by atoms with Crippen LogP contribution in [0.3, 0.4) is 0 Å². The van der Waals surface area contributed by atoms with Gasteiger partial charge < -0.3 is 4.55 Å². The number of hydrogen-bond donors (Lipinski definition) is 0. The predicted molar refractivity (Wildman–Crippen MR) is 133 cm³/mol. The molecule has 0 spiro atoms. The summed E-state index contributed by atoms with van der Waals surface area (Å²) < 4.78 is 29.3. The first-order valence-electron chi connectivity index (χ1n) is 10.3. The molecule has 0 aliphatic heterocycles. The smallest absolute Gasteiger partial charge is 0.748 e. The molecule has 0 saturated heterocycles. The standard InChI is InChI=1S/C10H5Cl7.C10H22O3S.Na/c11-4-2-1-3-5(4)9(15)7(13)6(12)8(3,14)10(9,16)17;1-2-3-4-5-6-7-8-9-10-14(11,12)13;/h1-5H;2-10H2,1H3,(H,11,12,13);/q;;+1/p-1. The number of fused-ring (bicyclic) bond motifs is 5. The molecule has 2 bridgehead atoms. The van der Waals surface area contributed by atoms with Gasteiger partial charge in [0.15, 0.2) is 4.33 Å². The van der Waals surface area contributed by atoms with Crippen LogP contribution in [-0.2, 0) is 10.1 Å². The van der Waals surface area contributed by atoms with Crippen LogP contribution in [0.1, 0.15) is 58.3 Å². The molecule has 180 valence electrons. The zero-order valence-corrected chi connectivity index (χ0v) is 26.1. The molecule has 0 aromatic carbocycles. The summed E-state index contributed by atoms with van der Waals surface area (Å²) in [7, 11) is -3.98. The van der Waals surface area contributed by atoms with Crippen LogP contribution in [0.4, 0.5) is 0 Å². The van der Waals surface area contributed by atoms with Gasteiger partial charge in [0.05, 0.1) is 25.6 Å². The molecular formula is C20H26Cl7NaO3S. The van der Waals surface area contributed by atoms with Gasteiger partial charge in [-0.3, -0.25) is 0 Å². The maximum Gasteiger partial charge on any atom is 1.00 e. The summed E-state index contributed by atoms with van der Waals surface area (Å²) in [5.74, 6) is -0.662. The SMILES string of the molecule is CCCCCCCCCCS(=O)(=O)[O-].ClC1=C(Cl)C2(Cl)C3C(Cl)C=CC3C1(Cl)C2(Cl)Cl.[Na+]. The van der Waals surface area contributed by atoms with E-state index in [4.69, 9.17) is 81.2 Å². The van der Waals surface area contributed by atoms with Crippen molar-refractivity contribution in [1.82, 2.24) is 0 Å². The Morgan fingerprint density at radius 2 is 1.34 bits per heavy atom. The van der Waals surface area contributed by atoms with Gasteiger partial charge in [-0.1, -0.05) is 110 Å². The molecule has 3 nitrogen and oxygen atoms in total. The second-order valence-corrected chi connectivity index (χ2v) is 13.5. The topological polar surface area (TPSA) is 57.2 Å². The number of rotatable bonds is 9. The van der Waals surface area contributed by atoms with Crippen LogP contribution in [-0.4, -0.2) is 38.2 Å². The second-order valence-electron chi connectivity index (χ2n) is 8.24. The van der Waals surface area contributed by atoms with Crippen molar-refractivity contribution < 1.29 is 42.5 Å². The summed E-state index contributed by atoms with van der Waals surface area (Å²) in [4.78, 5) is -2.45. The van der Waals surface area contributed by atoms with Crippen molar-refractivity contribution in [3.63, 3.8) is 0 Å². The molecule has 0 N–H and O–H groups in total. The molecule has 32 heavy (non-hydrogen) atoms. The molecule has 5 atom stereocenters. The minimum atomic E-state index is -3.98. The van der Waals surface area contributed by atoms with E-state index in [0.717, 1.165) is 12.8 Å². The zero-order valence-electron chi connectivity index (χ0n) is 18.0. The Balaban J connectivity index is 0.000000318. The quantitative estimate of drug-likeness (QED) is 0.121. The number of alkyl halides is 5. The van der Waals surface area contributed by atoms with E-state index in [-0.39, 0.29) is 62.6 Å². The van der Waals surface area contributed by atoms with Gasteiger partial charge in [-0.05, 0) is 6.42 Å². The van der Waals surface area contributed by atoms with E-state index in [2.05, 4.69) is 6.92 Å². The molecule has 0 aromatic rings. The Labute approximate surface area is 248 Å². The zero-order chi connectivity index (χ0) is 23.7. The summed E-state index contributed by atoms with van der Waals surface area (Å²) in [5.41, 5.74) is 0. The number of allylic oxidation sites excluding steroid dienone is 4. The van der Waals surface area contributed by atoms with Crippen LogP contribution >= 0.6 is 81.2 Å². The molecule has 0 amide bonds. The van der Waals surface area contributed by atoms with Gasteiger partial charge >= 0.3 is 29.6 Å². The molecule has 3 rings (SSSR count). The molecule has 5 unspecified atom stereocenters. The van der Waals surface area contributed by atoms with Gasteiger partial charge in [0.1, 0.15) is 9.75 Å². The molecule has 3 aliphatic carbocycles. The van der Waals surface area contributed by atoms with Gasteiger partial charge in [-0.25, -0.2) is 8.42 Å². The van der Waals surface area contributed by atoms with Crippen LogP contribution in [0.2, 0.25) is 0 Å². The summed E-state index contributed by atoms with van der Waals surface area (Å²) in [6, 6.07) is 0. The molecule has 3 aliphatic rings. The van der Waals surface area contributed by atoms with Crippen molar-refractivity contribution in [2.45, 2.75) is 77.7 Å². The Kier molecular flexibility index (Phi) is 13.0. The van der Waals surface area contributed by atoms with E-state index in [9.17, 15) is 13.0 Å². The van der Waals surface area contributed by atoms with Gasteiger partial charge in [-0.15, -0.1) is 34.8 Å². The monoisotopic (exact) mass is 614 g/mol. The molecule has 12 heteroatoms. The number of hydrogen-bond acceptors (Lipinski definition) is 3. The number of unbranched alkanes of at least 4 members (excludes halogenated alkanes) is 7. The van der Waals surface area contributed by atoms with Crippen molar-refractivity contribution in [3.05, 3.63) is 22.2 Å². The molecule has 0 radical (unpaired) electrons. The largest absolute Gasteiger partial charge is 1.00 e. The maximum absolute atomic E-state index is 10.2. The fraction of sp³-hybridized carbons (Fsp3) is 0.800. The third-order valence-corrected chi connectivity index (χ3v) is 11.6. The Morgan fingerprint density at radius 3 is 1.84 bits per heavy atom. The van der Waals surface area contributed by atoms with Crippen molar-refractivity contribution in [2.75, 3.05) is 5.75 Å². The summed E-state index contributed by atoms with van der Waals surface area (Å²) in [6.07, 6.45) is 12.3. The van der Waals surface area contributed by atoms with Crippen molar-refractivity contribution >= 4 is 91.3 Å². The van der Waals surface area contributed by atoms with E-state index in [1.165, 1.54) is 32.1 Å². The van der Waals surface area contributed by atoms with Crippen molar-refractivity contribution in [3.8, 4) is 0 Å². The van der Waals surface area contributed by atoms with Crippen LogP contribution in [0.25, 0.3) is 0 Å². The normalized spacial score (nSPS) is 34.2. The van der Waals surface area contributed by atoms with Gasteiger partial charge in [-0.2, -0.15) is 0 Å². The Bertz CT molecular complexity index is 820. The molecule has 0 heterocycles. The van der Waals surface area contributed by atoms with Crippen LogP contribution in [0.15, 0.2) is 22.2 Å². The van der Waals surface area contributed by atoms with Crippen LogP contribution < -0.4 is 29.6 Å². The first-order valence-corrected chi connectivity index (χ1v) is 14.6. The predicted octanol–water partition coefficient (Wildman–Crippen LogP) is 4.92. The summed E-state index contributed by atoms with van der Waals surface area (Å²) >= 11 is 44.5. The van der Waals surface area contributed by atoms with Gasteiger partial charge in [0.2, 0.25) is 0 Å². The van der Waals surface area contributed by atoms with Gasteiger partial charge in [0, 0.05) is 17.6 Å². The van der Waals surface area contributed by atoms with Crippen LogP contribution in [0, 0.1) is 11.8 Å². The molecule has 1 fully saturated rings. The fourth-order valence-corrected chi connectivity index (χ4v) is 8.57. The molecule has 0 aromatic heterocycles. The first-order chi connectivity index (χ1) is 14.3. The van der Waals surface area contributed by atoms with E-state index < -0.39 is 24.2 Å². The molecular weight excluding hydrogens is 591 g/mol. The summed E-state index contributed by atoms with van der Waals surface area (Å²) in [5, 5.41) is 0.113. The van der Waals surface area contributed by atoms with E-state index in [1.807, 2.05) is 12.2 Å². The average molecular weight is 618 g/mol. The number of halogens is 7. The second kappa shape index (κ2) is 12.8. The minimum Gasteiger partial charge on any atom is -0.748 e. The molecule has 1 saturated carbocycles. The fourth-order valence-electron chi connectivity index (χ4n) is 4.49. The first kappa shape index (κ1) is 32.4. The Morgan fingerprint density at radius 1 is 0.875 bits per heavy atom. The van der Waals surface area contributed by atoms with E-state index >= 15 is 0 Å². The average Bonchev–Trinajstić information content (AvgIpc) is 3.16.